The van der Waals surface area contributed by atoms with Crippen LogP contribution in [0.2, 0.25) is 0 Å². The number of esters is 1. The zero-order valence-corrected chi connectivity index (χ0v) is 21.8. The number of nitrogens with two attached hydrogens (primary N) is 1. The van der Waals surface area contributed by atoms with Crippen LogP contribution in [0.15, 0.2) is 16.3 Å². The molecule has 6 heteroatoms. The van der Waals surface area contributed by atoms with Gasteiger partial charge < -0.3 is 15.8 Å². The normalized spacial score (nSPS) is 38.3. The summed E-state index contributed by atoms with van der Waals surface area (Å²) in [6.45, 7) is 4.33. The molecule has 6 nitrogen and oxygen atoms in total. The third kappa shape index (κ3) is 5.04. The highest BCUT2D eigenvalue weighted by molar-refractivity contribution is 6.11. The molecule has 2 unspecified atom stereocenters. The summed E-state index contributed by atoms with van der Waals surface area (Å²) < 4.78 is 5.41. The Morgan fingerprint density at radius 1 is 1.03 bits per heavy atom. The number of hydrogen-bond acceptors (Lipinski definition) is 5. The van der Waals surface area contributed by atoms with E-state index in [4.69, 9.17) is 15.5 Å². The maximum Gasteiger partial charge on any atom is 0.313 e. The van der Waals surface area contributed by atoms with Crippen LogP contribution in [-0.4, -0.2) is 36.3 Å². The Morgan fingerprint density at radius 2 is 1.66 bits per heavy atom. The fourth-order valence-corrected chi connectivity index (χ4v) is 8.60. The summed E-state index contributed by atoms with van der Waals surface area (Å²) in [7, 11) is 0. The van der Waals surface area contributed by atoms with Gasteiger partial charge in [0.2, 0.25) is 0 Å². The number of aliphatic imine (C=N–C) groups is 1. The third-order valence-corrected chi connectivity index (χ3v) is 9.94. The number of ether oxygens (including phenoxy) is 1. The molecule has 0 aromatic rings. The van der Waals surface area contributed by atoms with Crippen molar-refractivity contribution in [3.63, 3.8) is 0 Å². The SMILES string of the molecule is CCOC(=O)C1CCCC(=NC2CCCCC2)C1=C(N)C(=O)NC(C)C12CC3CC(CC(C3)C1)C2. The van der Waals surface area contributed by atoms with E-state index in [9.17, 15) is 9.59 Å². The first-order valence-electron chi connectivity index (χ1n) is 14.4. The molecule has 1 amide bonds. The van der Waals surface area contributed by atoms with Crippen LogP contribution < -0.4 is 11.1 Å². The predicted molar refractivity (Wildman–Crippen MR) is 138 cm³/mol. The van der Waals surface area contributed by atoms with Gasteiger partial charge in [-0.2, -0.15) is 0 Å². The average Bonchev–Trinajstić information content (AvgIpc) is 2.83. The quantitative estimate of drug-likeness (QED) is 0.408. The van der Waals surface area contributed by atoms with Gasteiger partial charge in [0.05, 0.1) is 18.6 Å². The molecule has 6 aliphatic carbocycles. The van der Waals surface area contributed by atoms with E-state index < -0.39 is 5.92 Å². The lowest BCUT2D eigenvalue weighted by molar-refractivity contribution is -0.146. The summed E-state index contributed by atoms with van der Waals surface area (Å²) in [5.41, 5.74) is 8.55. The van der Waals surface area contributed by atoms with Crippen LogP contribution in [0.3, 0.4) is 0 Å². The lowest BCUT2D eigenvalue weighted by Crippen LogP contribution is -2.56. The summed E-state index contributed by atoms with van der Waals surface area (Å²) in [4.78, 5) is 31.6. The molecule has 6 aliphatic rings. The first kappa shape index (κ1) is 24.8. The summed E-state index contributed by atoms with van der Waals surface area (Å²) >= 11 is 0. The zero-order valence-electron chi connectivity index (χ0n) is 21.8. The molecule has 6 rings (SSSR count). The Hall–Kier alpha value is -1.85. The van der Waals surface area contributed by atoms with Gasteiger partial charge in [-0.05, 0) is 108 Å². The van der Waals surface area contributed by atoms with Gasteiger partial charge in [0.15, 0.2) is 0 Å². The third-order valence-electron chi connectivity index (χ3n) is 9.94. The lowest BCUT2D eigenvalue weighted by atomic mass is 9.48. The van der Waals surface area contributed by atoms with E-state index in [1.807, 2.05) is 6.92 Å². The topological polar surface area (TPSA) is 93.8 Å². The van der Waals surface area contributed by atoms with Crippen LogP contribution in [0.1, 0.15) is 104 Å². The maximum absolute atomic E-state index is 13.6. The molecule has 194 valence electrons. The van der Waals surface area contributed by atoms with Crippen LogP contribution >= 0.6 is 0 Å². The van der Waals surface area contributed by atoms with Crippen molar-refractivity contribution in [1.82, 2.24) is 5.32 Å². The van der Waals surface area contributed by atoms with E-state index in [-0.39, 0.29) is 35.1 Å². The van der Waals surface area contributed by atoms with E-state index in [0.717, 1.165) is 49.1 Å². The fraction of sp³-hybridized carbons (Fsp3) is 0.828. The second-order valence-electron chi connectivity index (χ2n) is 12.4. The Balaban J connectivity index is 1.40. The summed E-state index contributed by atoms with van der Waals surface area (Å²) in [5, 5.41) is 3.32. The van der Waals surface area contributed by atoms with Crippen LogP contribution in [0.4, 0.5) is 0 Å². The molecule has 3 N–H and O–H groups in total. The summed E-state index contributed by atoms with van der Waals surface area (Å²) in [5.74, 6) is 1.50. The Labute approximate surface area is 210 Å². The number of hydrogen-bond donors (Lipinski definition) is 2. The Bertz CT molecular complexity index is 850. The minimum atomic E-state index is -0.494. The smallest absolute Gasteiger partial charge is 0.313 e. The van der Waals surface area contributed by atoms with Crippen LogP contribution in [-0.2, 0) is 14.3 Å². The van der Waals surface area contributed by atoms with Crippen molar-refractivity contribution in [2.24, 2.45) is 39.8 Å². The number of amides is 1. The first-order chi connectivity index (χ1) is 16.9. The van der Waals surface area contributed by atoms with Crippen molar-refractivity contribution >= 4 is 17.6 Å². The average molecular weight is 484 g/mol. The van der Waals surface area contributed by atoms with Crippen LogP contribution in [0.25, 0.3) is 0 Å². The van der Waals surface area contributed by atoms with Crippen molar-refractivity contribution in [2.75, 3.05) is 6.61 Å². The number of nitrogens with one attached hydrogen (secondary N) is 1. The van der Waals surface area contributed by atoms with Crippen molar-refractivity contribution in [3.8, 4) is 0 Å². The monoisotopic (exact) mass is 483 g/mol. The molecule has 0 spiro atoms. The van der Waals surface area contributed by atoms with Gasteiger partial charge in [0, 0.05) is 17.3 Å². The van der Waals surface area contributed by atoms with Crippen LogP contribution in [0.5, 0.6) is 0 Å². The number of carbonyl (C=O) groups is 2. The van der Waals surface area contributed by atoms with Crippen molar-refractivity contribution in [1.29, 1.82) is 0 Å². The number of nitrogens with zero attached hydrogens (tertiary/aromatic N) is 1. The van der Waals surface area contributed by atoms with Gasteiger partial charge in [-0.3, -0.25) is 14.6 Å². The van der Waals surface area contributed by atoms with Gasteiger partial charge in [-0.1, -0.05) is 19.3 Å². The van der Waals surface area contributed by atoms with Crippen molar-refractivity contribution in [3.05, 3.63) is 11.3 Å². The molecule has 35 heavy (non-hydrogen) atoms. The van der Waals surface area contributed by atoms with Gasteiger partial charge in [-0.25, -0.2) is 0 Å². The Kier molecular flexibility index (Phi) is 7.28. The van der Waals surface area contributed by atoms with Gasteiger partial charge in [-0.15, -0.1) is 0 Å². The van der Waals surface area contributed by atoms with E-state index in [0.29, 0.717) is 18.6 Å². The van der Waals surface area contributed by atoms with Crippen molar-refractivity contribution < 1.29 is 14.3 Å². The van der Waals surface area contributed by atoms with Crippen LogP contribution in [0, 0.1) is 29.1 Å². The molecular formula is C29H45N3O3. The fourth-order valence-electron chi connectivity index (χ4n) is 8.60. The molecule has 0 radical (unpaired) electrons. The highest BCUT2D eigenvalue weighted by Crippen LogP contribution is 2.61. The van der Waals surface area contributed by atoms with E-state index in [2.05, 4.69) is 12.2 Å². The van der Waals surface area contributed by atoms with E-state index in [1.54, 1.807) is 0 Å². The largest absolute Gasteiger partial charge is 0.466 e. The van der Waals surface area contributed by atoms with E-state index >= 15 is 0 Å². The zero-order chi connectivity index (χ0) is 24.6. The molecule has 0 aromatic heterocycles. The minimum Gasteiger partial charge on any atom is -0.466 e. The van der Waals surface area contributed by atoms with Crippen molar-refractivity contribution in [2.45, 2.75) is 116 Å². The molecule has 0 heterocycles. The highest BCUT2D eigenvalue weighted by atomic mass is 16.5. The first-order valence-corrected chi connectivity index (χ1v) is 14.4. The second-order valence-corrected chi connectivity index (χ2v) is 12.4. The molecule has 4 bridgehead atoms. The number of rotatable bonds is 6. The Morgan fingerprint density at radius 3 is 2.26 bits per heavy atom. The van der Waals surface area contributed by atoms with Gasteiger partial charge >= 0.3 is 5.97 Å². The number of carbonyl (C=O) groups excluding carboxylic acids is 2. The molecule has 0 aromatic carbocycles. The molecule has 6 saturated carbocycles. The lowest BCUT2D eigenvalue weighted by Gasteiger charge is -2.59. The molecule has 6 fully saturated rings. The highest BCUT2D eigenvalue weighted by Gasteiger charge is 2.53. The standard InChI is InChI=1S/C29H45N3O3/c1-3-35-28(34)23-10-7-11-24(32-22-8-5-4-6-9-22)25(23)26(30)27(33)31-18(2)29-15-19-12-20(16-29)14-21(13-19)17-29/h18-23H,3-17,30H2,1-2H3,(H,31,33). The summed E-state index contributed by atoms with van der Waals surface area (Å²) in [6, 6.07) is 0.363. The molecule has 0 aliphatic heterocycles. The molecule has 2 atom stereocenters. The molecular weight excluding hydrogens is 438 g/mol. The minimum absolute atomic E-state index is 0.0888. The predicted octanol–water partition coefficient (Wildman–Crippen LogP) is 5.06. The second kappa shape index (κ2) is 10.3. The summed E-state index contributed by atoms with van der Waals surface area (Å²) in [6.07, 6.45) is 16.0. The van der Waals surface area contributed by atoms with Gasteiger partial charge in [0.25, 0.3) is 5.91 Å². The van der Waals surface area contributed by atoms with E-state index in [1.165, 1.54) is 57.8 Å². The van der Waals surface area contributed by atoms with Gasteiger partial charge in [0.1, 0.15) is 5.70 Å². The molecule has 0 saturated heterocycles. The maximum atomic E-state index is 13.6.